The second-order valence-electron chi connectivity index (χ2n) is 6.49. The lowest BCUT2D eigenvalue weighted by Gasteiger charge is -2.19. The van der Waals surface area contributed by atoms with Crippen molar-refractivity contribution in [2.45, 2.75) is 52.2 Å². The van der Waals surface area contributed by atoms with Gasteiger partial charge in [-0.3, -0.25) is 9.59 Å². The molecule has 140 valence electrons. The van der Waals surface area contributed by atoms with Crippen molar-refractivity contribution >= 4 is 23.8 Å². The molecular formula is C17H25NO7. The Kier molecular flexibility index (Phi) is 7.14. The van der Waals surface area contributed by atoms with Gasteiger partial charge < -0.3 is 19.5 Å². The number of hydrogen-bond acceptors (Lipinski definition) is 7. The molecule has 1 amide bonds. The first kappa shape index (κ1) is 20.7. The van der Waals surface area contributed by atoms with Crippen molar-refractivity contribution in [3.63, 3.8) is 0 Å². The molecule has 1 N–H and O–H groups in total. The molecule has 25 heavy (non-hydrogen) atoms. The van der Waals surface area contributed by atoms with E-state index in [1.807, 2.05) is 0 Å². The van der Waals surface area contributed by atoms with Gasteiger partial charge in [0.15, 0.2) is 5.78 Å². The predicted molar refractivity (Wildman–Crippen MR) is 87.3 cm³/mol. The number of nitrogens with one attached hydrogen (secondary N) is 1. The summed E-state index contributed by atoms with van der Waals surface area (Å²) in [4.78, 5) is 47.0. The highest BCUT2D eigenvalue weighted by atomic mass is 16.7. The lowest BCUT2D eigenvalue weighted by molar-refractivity contribution is -0.157. The minimum atomic E-state index is -1.30. The Morgan fingerprint density at radius 3 is 2.36 bits per heavy atom. The zero-order chi connectivity index (χ0) is 19.2. The van der Waals surface area contributed by atoms with Crippen LogP contribution >= 0.6 is 0 Å². The highest BCUT2D eigenvalue weighted by Gasteiger charge is 2.63. The number of carbonyl (C=O) groups is 4. The monoisotopic (exact) mass is 355 g/mol. The second kappa shape index (κ2) is 8.64. The number of allylic oxidation sites excluding steroid dienone is 1. The number of hydrogen-bond donors (Lipinski definition) is 1. The summed E-state index contributed by atoms with van der Waals surface area (Å²) in [5.74, 6) is -2.11. The molecule has 1 unspecified atom stereocenters. The molecule has 1 rings (SSSR count). The number of rotatable bonds is 9. The van der Waals surface area contributed by atoms with Crippen molar-refractivity contribution in [3.8, 4) is 0 Å². The summed E-state index contributed by atoms with van der Waals surface area (Å²) in [6.45, 7) is 9.48. The number of ether oxygens (including phenoxy) is 3. The minimum absolute atomic E-state index is 0.0688. The quantitative estimate of drug-likeness (QED) is 0.381. The van der Waals surface area contributed by atoms with Crippen molar-refractivity contribution in [2.24, 2.45) is 11.8 Å². The number of amides is 1. The van der Waals surface area contributed by atoms with Gasteiger partial charge in [0.1, 0.15) is 5.54 Å². The second-order valence-corrected chi connectivity index (χ2v) is 6.49. The van der Waals surface area contributed by atoms with E-state index in [-0.39, 0.29) is 30.6 Å². The molecule has 2 atom stereocenters. The molecule has 0 saturated heterocycles. The molecular weight excluding hydrogens is 330 g/mol. The molecule has 0 heterocycles. The van der Waals surface area contributed by atoms with Gasteiger partial charge in [0.05, 0.1) is 12.0 Å². The Morgan fingerprint density at radius 1 is 1.20 bits per heavy atom. The molecule has 1 aliphatic rings. The van der Waals surface area contributed by atoms with Gasteiger partial charge in [-0.15, -0.1) is 0 Å². The third-order valence-electron chi connectivity index (χ3n) is 3.68. The van der Waals surface area contributed by atoms with Crippen LogP contribution in [0.3, 0.4) is 0 Å². The van der Waals surface area contributed by atoms with E-state index in [0.29, 0.717) is 0 Å². The third-order valence-corrected chi connectivity index (χ3v) is 3.68. The Morgan fingerprint density at radius 2 is 1.84 bits per heavy atom. The molecule has 0 bridgehead atoms. The maximum absolute atomic E-state index is 12.3. The van der Waals surface area contributed by atoms with Gasteiger partial charge in [-0.05, 0) is 26.3 Å². The molecule has 8 heteroatoms. The largest absolute Gasteiger partial charge is 0.461 e. The van der Waals surface area contributed by atoms with E-state index in [0.717, 1.165) is 0 Å². The van der Waals surface area contributed by atoms with Crippen LogP contribution in [0.2, 0.25) is 0 Å². The SMILES string of the molecule is C=CC(=O)C[C@@H]1CC1(NC(=O)OCOC(=O)C(C)C)C(=O)OC(C)C. The molecule has 0 aromatic carbocycles. The number of alkyl carbamates (subject to hydrolysis) is 1. The van der Waals surface area contributed by atoms with E-state index >= 15 is 0 Å². The first-order chi connectivity index (χ1) is 11.6. The summed E-state index contributed by atoms with van der Waals surface area (Å²) in [7, 11) is 0. The summed E-state index contributed by atoms with van der Waals surface area (Å²) in [5.41, 5.74) is -1.30. The average molecular weight is 355 g/mol. The normalized spacial score (nSPS) is 21.4. The lowest BCUT2D eigenvalue weighted by atomic mass is 10.1. The maximum atomic E-state index is 12.3. The Bertz CT molecular complexity index is 555. The molecule has 1 fully saturated rings. The van der Waals surface area contributed by atoms with Crippen molar-refractivity contribution in [1.29, 1.82) is 0 Å². The standard InChI is InChI=1S/C17H25NO7/c1-6-13(19)7-12-8-17(12,15(21)25-11(4)5)18-16(22)24-9-23-14(20)10(2)3/h6,10-12H,1,7-9H2,2-5H3,(H,18,22)/t12-,17?/m1/s1. The summed E-state index contributed by atoms with van der Waals surface area (Å²) in [6, 6.07) is 0. The topological polar surface area (TPSA) is 108 Å². The summed E-state index contributed by atoms with van der Waals surface area (Å²) in [5, 5.41) is 2.44. The van der Waals surface area contributed by atoms with Gasteiger partial charge in [-0.1, -0.05) is 20.4 Å². The first-order valence-corrected chi connectivity index (χ1v) is 8.10. The third kappa shape index (κ3) is 5.88. The molecule has 0 spiro atoms. The predicted octanol–water partition coefficient (Wildman–Crippen LogP) is 1.72. The summed E-state index contributed by atoms with van der Waals surface area (Å²) < 4.78 is 14.7. The van der Waals surface area contributed by atoms with Crippen molar-refractivity contribution in [2.75, 3.05) is 6.79 Å². The maximum Gasteiger partial charge on any atom is 0.410 e. The van der Waals surface area contributed by atoms with E-state index in [4.69, 9.17) is 14.2 Å². The summed E-state index contributed by atoms with van der Waals surface area (Å²) >= 11 is 0. The smallest absolute Gasteiger partial charge is 0.410 e. The van der Waals surface area contributed by atoms with Crippen LogP contribution in [0.1, 0.15) is 40.5 Å². The minimum Gasteiger partial charge on any atom is -0.461 e. The average Bonchev–Trinajstić information content (AvgIpc) is 3.19. The molecule has 0 aromatic rings. The number of esters is 2. The summed E-state index contributed by atoms with van der Waals surface area (Å²) in [6.07, 6.45) is 0.204. The molecule has 0 radical (unpaired) electrons. The number of carbonyl (C=O) groups excluding carboxylic acids is 4. The van der Waals surface area contributed by atoms with Gasteiger partial charge in [-0.25, -0.2) is 9.59 Å². The fourth-order valence-corrected chi connectivity index (χ4v) is 2.20. The van der Waals surface area contributed by atoms with Crippen LogP contribution in [-0.4, -0.2) is 42.3 Å². The van der Waals surface area contributed by atoms with Crippen LogP contribution < -0.4 is 5.32 Å². The van der Waals surface area contributed by atoms with Gasteiger partial charge in [0, 0.05) is 12.3 Å². The van der Waals surface area contributed by atoms with Crippen LogP contribution in [0, 0.1) is 11.8 Å². The van der Waals surface area contributed by atoms with Gasteiger partial charge in [-0.2, -0.15) is 0 Å². The van der Waals surface area contributed by atoms with Crippen molar-refractivity contribution in [1.82, 2.24) is 5.32 Å². The highest BCUT2D eigenvalue weighted by molar-refractivity contribution is 5.94. The Hall–Kier alpha value is -2.38. The van der Waals surface area contributed by atoms with Crippen molar-refractivity contribution in [3.05, 3.63) is 12.7 Å². The molecule has 1 aliphatic carbocycles. The molecule has 0 aromatic heterocycles. The zero-order valence-electron chi connectivity index (χ0n) is 15.0. The fourth-order valence-electron chi connectivity index (χ4n) is 2.20. The Labute approximate surface area is 146 Å². The fraction of sp³-hybridized carbons (Fsp3) is 0.647. The van der Waals surface area contributed by atoms with Crippen LogP contribution in [0.5, 0.6) is 0 Å². The van der Waals surface area contributed by atoms with Crippen LogP contribution in [0.4, 0.5) is 4.79 Å². The van der Waals surface area contributed by atoms with Crippen LogP contribution in [0.25, 0.3) is 0 Å². The van der Waals surface area contributed by atoms with E-state index in [1.54, 1.807) is 27.7 Å². The molecule has 0 aliphatic heterocycles. The van der Waals surface area contributed by atoms with E-state index < -0.39 is 36.3 Å². The van der Waals surface area contributed by atoms with Gasteiger partial charge >= 0.3 is 18.0 Å². The van der Waals surface area contributed by atoms with Crippen molar-refractivity contribution < 1.29 is 33.4 Å². The van der Waals surface area contributed by atoms with E-state index in [1.165, 1.54) is 6.08 Å². The zero-order valence-corrected chi connectivity index (χ0v) is 15.0. The van der Waals surface area contributed by atoms with E-state index in [9.17, 15) is 19.2 Å². The van der Waals surface area contributed by atoms with E-state index in [2.05, 4.69) is 11.9 Å². The first-order valence-electron chi connectivity index (χ1n) is 8.10. The molecule has 1 saturated carbocycles. The highest BCUT2D eigenvalue weighted by Crippen LogP contribution is 2.47. The van der Waals surface area contributed by atoms with Crippen LogP contribution in [-0.2, 0) is 28.6 Å². The van der Waals surface area contributed by atoms with Crippen LogP contribution in [0.15, 0.2) is 12.7 Å². The number of ketones is 1. The Balaban J connectivity index is 2.64. The lowest BCUT2D eigenvalue weighted by Crippen LogP contribution is -2.47. The van der Waals surface area contributed by atoms with Gasteiger partial charge in [0.25, 0.3) is 0 Å². The molecule has 8 nitrogen and oxygen atoms in total. The van der Waals surface area contributed by atoms with Gasteiger partial charge in [0.2, 0.25) is 6.79 Å².